The Labute approximate surface area is 180 Å². The number of sulfonamides is 1. The van der Waals surface area contributed by atoms with E-state index in [2.05, 4.69) is 10.5 Å². The molecule has 1 aliphatic rings. The number of nitro benzene ring substituents is 1. The molecule has 0 aromatic heterocycles. The van der Waals surface area contributed by atoms with Crippen LogP contribution < -0.4 is 14.9 Å². The molecule has 31 heavy (non-hydrogen) atoms. The minimum absolute atomic E-state index is 0.148. The quantitative estimate of drug-likeness (QED) is 0.373. The fourth-order valence-corrected chi connectivity index (χ4v) is 4.73. The van der Waals surface area contributed by atoms with Gasteiger partial charge in [-0.2, -0.15) is 9.41 Å². The van der Waals surface area contributed by atoms with E-state index in [9.17, 15) is 18.5 Å². The molecule has 10 nitrogen and oxygen atoms in total. The molecule has 0 atom stereocenters. The van der Waals surface area contributed by atoms with Gasteiger partial charge in [0.05, 0.1) is 16.3 Å². The maximum atomic E-state index is 13.0. The molecule has 1 aliphatic heterocycles. The molecule has 0 saturated heterocycles. The maximum Gasteiger partial charge on any atom is 0.270 e. The Kier molecular flexibility index (Phi) is 6.76. The zero-order valence-corrected chi connectivity index (χ0v) is 18.3. The van der Waals surface area contributed by atoms with Gasteiger partial charge in [-0.1, -0.05) is 13.8 Å². The molecule has 0 radical (unpaired) electrons. The summed E-state index contributed by atoms with van der Waals surface area (Å²) < 4.78 is 38.4. The third kappa shape index (κ3) is 4.78. The number of nitrogens with zero attached hydrogens (tertiary/aromatic N) is 3. The van der Waals surface area contributed by atoms with Crippen molar-refractivity contribution in [1.82, 2.24) is 4.31 Å². The van der Waals surface area contributed by atoms with Crippen molar-refractivity contribution in [3.63, 3.8) is 0 Å². The molecule has 0 fully saturated rings. The van der Waals surface area contributed by atoms with E-state index >= 15 is 0 Å². The molecule has 0 unspecified atom stereocenters. The summed E-state index contributed by atoms with van der Waals surface area (Å²) in [5.74, 6) is 1.26. The summed E-state index contributed by atoms with van der Waals surface area (Å²) in [6, 6.07) is 9.01. The minimum Gasteiger partial charge on any atom is -0.486 e. The normalized spacial score (nSPS) is 13.9. The largest absolute Gasteiger partial charge is 0.486 e. The number of non-ortho nitro benzene ring substituents is 1. The predicted molar refractivity (Wildman–Crippen MR) is 116 cm³/mol. The molecule has 0 aliphatic carbocycles. The first-order valence-corrected chi connectivity index (χ1v) is 11.2. The molecule has 0 saturated carbocycles. The van der Waals surface area contributed by atoms with Gasteiger partial charge < -0.3 is 9.47 Å². The number of nitro groups is 1. The number of hydrogen-bond donors (Lipinski definition) is 1. The highest BCUT2D eigenvalue weighted by atomic mass is 32.2. The molecule has 0 spiro atoms. The third-order valence-electron chi connectivity index (χ3n) is 4.80. The second-order valence-corrected chi connectivity index (χ2v) is 8.60. The highest BCUT2D eigenvalue weighted by Crippen LogP contribution is 2.32. The van der Waals surface area contributed by atoms with E-state index in [0.29, 0.717) is 30.4 Å². The summed E-state index contributed by atoms with van der Waals surface area (Å²) in [5.41, 5.74) is 3.91. The van der Waals surface area contributed by atoms with Crippen molar-refractivity contribution < 1.29 is 22.8 Å². The van der Waals surface area contributed by atoms with E-state index in [0.717, 1.165) is 11.6 Å². The van der Waals surface area contributed by atoms with Gasteiger partial charge in [-0.3, -0.25) is 15.5 Å². The third-order valence-corrected chi connectivity index (χ3v) is 6.89. The lowest BCUT2D eigenvalue weighted by Gasteiger charge is -2.20. The first-order valence-electron chi connectivity index (χ1n) is 9.76. The Morgan fingerprint density at radius 3 is 2.45 bits per heavy atom. The van der Waals surface area contributed by atoms with Gasteiger partial charge >= 0.3 is 0 Å². The van der Waals surface area contributed by atoms with Crippen molar-refractivity contribution in [2.45, 2.75) is 25.7 Å². The van der Waals surface area contributed by atoms with E-state index in [-0.39, 0.29) is 29.4 Å². The topological polar surface area (TPSA) is 123 Å². The zero-order chi connectivity index (χ0) is 22.6. The van der Waals surface area contributed by atoms with Gasteiger partial charge in [-0.15, -0.1) is 0 Å². The van der Waals surface area contributed by atoms with Crippen LogP contribution in [0.25, 0.3) is 0 Å². The highest BCUT2D eigenvalue weighted by molar-refractivity contribution is 7.89. The molecule has 3 rings (SSSR count). The van der Waals surface area contributed by atoms with Gasteiger partial charge in [0.2, 0.25) is 10.0 Å². The Balaban J connectivity index is 1.96. The predicted octanol–water partition coefficient (Wildman–Crippen LogP) is 3.23. The Morgan fingerprint density at radius 1 is 1.13 bits per heavy atom. The number of rotatable bonds is 8. The first-order chi connectivity index (χ1) is 14.8. The SMILES string of the molecule is CCN(CC)S(=O)(=O)c1cc([N+](=O)[O-])ccc1N/N=C(/C)c1ccc2c(c1)OCCO2. The molecule has 2 aromatic rings. The fraction of sp³-hybridized carbons (Fsp3) is 0.350. The Morgan fingerprint density at radius 2 is 1.81 bits per heavy atom. The molecule has 1 N–H and O–H groups in total. The summed E-state index contributed by atoms with van der Waals surface area (Å²) in [6.45, 7) is 6.58. The van der Waals surface area contributed by atoms with Crippen LogP contribution in [0.1, 0.15) is 26.3 Å². The minimum atomic E-state index is -3.95. The lowest BCUT2D eigenvalue weighted by molar-refractivity contribution is -0.385. The summed E-state index contributed by atoms with van der Waals surface area (Å²) >= 11 is 0. The average molecular weight is 449 g/mol. The van der Waals surface area contributed by atoms with E-state index < -0.39 is 14.9 Å². The second kappa shape index (κ2) is 9.31. The first kappa shape index (κ1) is 22.5. The van der Waals surface area contributed by atoms with E-state index in [4.69, 9.17) is 9.47 Å². The molecular weight excluding hydrogens is 424 g/mol. The van der Waals surface area contributed by atoms with Gasteiger partial charge in [-0.05, 0) is 31.2 Å². The van der Waals surface area contributed by atoms with Crippen molar-refractivity contribution in [3.05, 3.63) is 52.1 Å². The number of hydrogen-bond acceptors (Lipinski definition) is 8. The van der Waals surface area contributed by atoms with Crippen molar-refractivity contribution in [2.75, 3.05) is 31.7 Å². The fourth-order valence-electron chi connectivity index (χ4n) is 3.11. The van der Waals surface area contributed by atoms with E-state index in [1.54, 1.807) is 32.9 Å². The number of nitrogens with one attached hydrogen (secondary N) is 1. The van der Waals surface area contributed by atoms with Crippen molar-refractivity contribution in [3.8, 4) is 11.5 Å². The number of anilines is 1. The molecular formula is C20H24N4O6S. The smallest absolute Gasteiger partial charge is 0.270 e. The highest BCUT2D eigenvalue weighted by Gasteiger charge is 2.27. The van der Waals surface area contributed by atoms with Gasteiger partial charge in [0.1, 0.15) is 18.1 Å². The lowest BCUT2D eigenvalue weighted by Crippen LogP contribution is -2.31. The number of hydrazone groups is 1. The van der Waals surface area contributed by atoms with Gasteiger partial charge in [0.25, 0.3) is 5.69 Å². The summed E-state index contributed by atoms with van der Waals surface area (Å²) in [5, 5.41) is 15.5. The van der Waals surface area contributed by atoms with Crippen LogP contribution in [0.4, 0.5) is 11.4 Å². The molecule has 0 bridgehead atoms. The lowest BCUT2D eigenvalue weighted by atomic mass is 10.1. The van der Waals surface area contributed by atoms with Crippen LogP contribution in [0.15, 0.2) is 46.4 Å². The van der Waals surface area contributed by atoms with Crippen LogP contribution >= 0.6 is 0 Å². The molecule has 166 valence electrons. The average Bonchev–Trinajstić information content (AvgIpc) is 2.77. The van der Waals surface area contributed by atoms with Crippen molar-refractivity contribution in [1.29, 1.82) is 0 Å². The molecule has 1 heterocycles. The van der Waals surface area contributed by atoms with Gasteiger partial charge in [-0.25, -0.2) is 8.42 Å². The van der Waals surface area contributed by atoms with Crippen LogP contribution in [0.3, 0.4) is 0 Å². The molecule has 0 amide bonds. The van der Waals surface area contributed by atoms with Crippen molar-refractivity contribution >= 4 is 27.1 Å². The van der Waals surface area contributed by atoms with Crippen LogP contribution in [-0.4, -0.2) is 49.7 Å². The standard InChI is InChI=1S/C20H24N4O6S/c1-4-23(5-2)31(27,28)20-13-16(24(25)26)7-8-17(20)22-21-14(3)15-6-9-18-19(12-15)30-11-10-29-18/h6-9,12-13,22H,4-5,10-11H2,1-3H3/b21-14-. The molecule has 2 aromatic carbocycles. The van der Waals surface area contributed by atoms with E-state index in [1.165, 1.54) is 16.4 Å². The van der Waals surface area contributed by atoms with Crippen LogP contribution in [0.2, 0.25) is 0 Å². The zero-order valence-electron chi connectivity index (χ0n) is 17.5. The van der Waals surface area contributed by atoms with Crippen LogP contribution in [0.5, 0.6) is 11.5 Å². The molecule has 11 heteroatoms. The summed E-state index contributed by atoms with van der Waals surface area (Å²) in [6.07, 6.45) is 0. The maximum absolute atomic E-state index is 13.0. The number of benzene rings is 2. The van der Waals surface area contributed by atoms with E-state index in [1.807, 2.05) is 6.07 Å². The number of fused-ring (bicyclic) bond motifs is 1. The number of ether oxygens (including phenoxy) is 2. The Hall–Kier alpha value is -3.18. The second-order valence-electron chi connectivity index (χ2n) is 6.69. The summed E-state index contributed by atoms with van der Waals surface area (Å²) in [4.78, 5) is 10.4. The summed E-state index contributed by atoms with van der Waals surface area (Å²) in [7, 11) is -3.95. The van der Waals surface area contributed by atoms with Gasteiger partial charge in [0, 0.05) is 30.8 Å². The van der Waals surface area contributed by atoms with Crippen molar-refractivity contribution in [2.24, 2.45) is 5.10 Å². The monoisotopic (exact) mass is 448 g/mol. The van der Waals surface area contributed by atoms with Crippen LogP contribution in [-0.2, 0) is 10.0 Å². The van der Waals surface area contributed by atoms with Gasteiger partial charge in [0.15, 0.2) is 11.5 Å². The van der Waals surface area contributed by atoms with Crippen LogP contribution in [0, 0.1) is 10.1 Å². The Bertz CT molecular complexity index is 1110.